The second-order valence-corrected chi connectivity index (χ2v) is 3.27. The number of nitrogen functional groups attached to an aromatic ring is 1. The molecular formula is C11H12ClN3. The van der Waals surface area contributed by atoms with Gasteiger partial charge in [-0.25, -0.2) is 9.97 Å². The van der Waals surface area contributed by atoms with Gasteiger partial charge >= 0.3 is 0 Å². The Kier molecular flexibility index (Phi) is 3.70. The number of hydrogen-bond donors (Lipinski definition) is 1. The minimum atomic E-state index is 0.182. The maximum Gasteiger partial charge on any atom is 0.221 e. The van der Waals surface area contributed by atoms with Crippen LogP contribution in [0.2, 0.25) is 5.15 Å². The molecule has 0 amide bonds. The van der Waals surface area contributed by atoms with Gasteiger partial charge in [0.05, 0.1) is 5.69 Å². The number of anilines is 1. The molecule has 0 radical (unpaired) electrons. The highest BCUT2D eigenvalue weighted by Crippen LogP contribution is 2.24. The molecule has 0 bridgehead atoms. The van der Waals surface area contributed by atoms with E-state index in [1.54, 1.807) is 6.92 Å². The van der Waals surface area contributed by atoms with Crippen molar-refractivity contribution >= 4 is 23.1 Å². The van der Waals surface area contributed by atoms with E-state index in [0.717, 1.165) is 16.8 Å². The average molecular weight is 222 g/mol. The van der Waals surface area contributed by atoms with E-state index in [2.05, 4.69) is 21.8 Å². The lowest BCUT2D eigenvalue weighted by atomic mass is 10.1. The summed E-state index contributed by atoms with van der Waals surface area (Å²) in [5.41, 5.74) is 7.79. The van der Waals surface area contributed by atoms with Crippen molar-refractivity contribution in [2.24, 2.45) is 0 Å². The zero-order valence-electron chi connectivity index (χ0n) is 8.93. The first-order valence-electron chi connectivity index (χ1n) is 4.49. The number of aromatic nitrogens is 2. The van der Waals surface area contributed by atoms with Crippen LogP contribution in [0.3, 0.4) is 0 Å². The number of aryl methyl sites for hydroxylation is 1. The van der Waals surface area contributed by atoms with Crippen molar-refractivity contribution in [1.82, 2.24) is 9.97 Å². The Labute approximate surface area is 94.4 Å². The second-order valence-electron chi connectivity index (χ2n) is 2.91. The molecule has 4 heteroatoms. The summed E-state index contributed by atoms with van der Waals surface area (Å²) < 4.78 is 0. The fraction of sp³-hybridized carbons (Fsp3) is 0.273. The van der Waals surface area contributed by atoms with Crippen molar-refractivity contribution in [3.05, 3.63) is 22.5 Å². The van der Waals surface area contributed by atoms with Crippen LogP contribution in [-0.2, 0) is 0 Å². The molecule has 0 aliphatic carbocycles. The summed E-state index contributed by atoms with van der Waals surface area (Å²) >= 11 is 6.00. The van der Waals surface area contributed by atoms with Gasteiger partial charge in [0.2, 0.25) is 5.95 Å². The van der Waals surface area contributed by atoms with Crippen LogP contribution in [0.15, 0.2) is 6.08 Å². The third-order valence-corrected chi connectivity index (χ3v) is 2.15. The van der Waals surface area contributed by atoms with Crippen LogP contribution < -0.4 is 5.73 Å². The molecule has 1 heterocycles. The topological polar surface area (TPSA) is 51.8 Å². The normalized spacial score (nSPS) is 10.8. The Bertz CT molecular complexity index is 443. The Morgan fingerprint density at radius 3 is 2.60 bits per heavy atom. The van der Waals surface area contributed by atoms with Crippen LogP contribution in [-0.4, -0.2) is 9.97 Å². The number of halogens is 1. The fourth-order valence-corrected chi connectivity index (χ4v) is 1.60. The molecule has 1 aromatic rings. The lowest BCUT2D eigenvalue weighted by Crippen LogP contribution is -2.01. The molecule has 0 spiro atoms. The SMILES string of the molecule is CC#C/C(=C/C)c1c(C)nc(N)nc1Cl. The molecule has 0 aliphatic heterocycles. The summed E-state index contributed by atoms with van der Waals surface area (Å²) in [6, 6.07) is 0. The predicted octanol–water partition coefficient (Wildman–Crippen LogP) is 2.45. The fourth-order valence-electron chi connectivity index (χ4n) is 1.28. The highest BCUT2D eigenvalue weighted by Gasteiger charge is 2.11. The van der Waals surface area contributed by atoms with Gasteiger partial charge in [-0.05, 0) is 20.8 Å². The van der Waals surface area contributed by atoms with Gasteiger partial charge in [-0.15, -0.1) is 5.92 Å². The van der Waals surface area contributed by atoms with Gasteiger partial charge in [-0.2, -0.15) is 0 Å². The van der Waals surface area contributed by atoms with Gasteiger partial charge in [0.1, 0.15) is 5.15 Å². The predicted molar refractivity (Wildman–Crippen MR) is 63.3 cm³/mol. The Balaban J connectivity index is 3.41. The lowest BCUT2D eigenvalue weighted by molar-refractivity contribution is 1.10. The van der Waals surface area contributed by atoms with E-state index in [9.17, 15) is 0 Å². The van der Waals surface area contributed by atoms with Crippen LogP contribution in [0.25, 0.3) is 5.57 Å². The Morgan fingerprint density at radius 1 is 1.47 bits per heavy atom. The minimum Gasteiger partial charge on any atom is -0.368 e. The third kappa shape index (κ3) is 2.48. The van der Waals surface area contributed by atoms with E-state index in [1.807, 2.05) is 19.9 Å². The summed E-state index contributed by atoms with van der Waals surface area (Å²) in [5, 5.41) is 0.343. The zero-order valence-corrected chi connectivity index (χ0v) is 9.68. The smallest absolute Gasteiger partial charge is 0.221 e. The van der Waals surface area contributed by atoms with Crippen molar-refractivity contribution in [1.29, 1.82) is 0 Å². The van der Waals surface area contributed by atoms with Gasteiger partial charge in [0, 0.05) is 11.1 Å². The maximum absolute atomic E-state index is 6.00. The first-order valence-corrected chi connectivity index (χ1v) is 4.87. The summed E-state index contributed by atoms with van der Waals surface area (Å²) in [6.45, 7) is 5.50. The van der Waals surface area contributed by atoms with E-state index >= 15 is 0 Å². The molecule has 78 valence electrons. The van der Waals surface area contributed by atoms with Crippen LogP contribution in [0.5, 0.6) is 0 Å². The lowest BCUT2D eigenvalue weighted by Gasteiger charge is -2.06. The van der Waals surface area contributed by atoms with E-state index in [-0.39, 0.29) is 5.95 Å². The number of rotatable bonds is 1. The van der Waals surface area contributed by atoms with Crippen LogP contribution in [0.1, 0.15) is 25.1 Å². The molecule has 0 atom stereocenters. The summed E-state index contributed by atoms with van der Waals surface area (Å²) in [5.74, 6) is 5.96. The molecule has 0 saturated heterocycles. The van der Waals surface area contributed by atoms with E-state index in [4.69, 9.17) is 17.3 Å². The first-order chi connectivity index (χ1) is 7.10. The molecule has 0 aliphatic rings. The first kappa shape index (κ1) is 11.5. The van der Waals surface area contributed by atoms with Gasteiger partial charge in [0.15, 0.2) is 0 Å². The molecule has 2 N–H and O–H groups in total. The molecule has 1 aromatic heterocycles. The quantitative estimate of drug-likeness (QED) is 0.586. The van der Waals surface area contributed by atoms with Gasteiger partial charge < -0.3 is 5.73 Å². The second kappa shape index (κ2) is 4.81. The van der Waals surface area contributed by atoms with Crippen molar-refractivity contribution < 1.29 is 0 Å². The maximum atomic E-state index is 6.00. The summed E-state index contributed by atoms with van der Waals surface area (Å²) in [4.78, 5) is 7.97. The molecule has 1 rings (SSSR count). The molecule has 15 heavy (non-hydrogen) atoms. The summed E-state index contributed by atoms with van der Waals surface area (Å²) in [7, 11) is 0. The largest absolute Gasteiger partial charge is 0.368 e. The molecule has 0 unspecified atom stereocenters. The van der Waals surface area contributed by atoms with Crippen LogP contribution in [0, 0.1) is 18.8 Å². The zero-order chi connectivity index (χ0) is 11.4. The van der Waals surface area contributed by atoms with Gasteiger partial charge in [-0.3, -0.25) is 0 Å². The van der Waals surface area contributed by atoms with E-state index in [1.165, 1.54) is 0 Å². The van der Waals surface area contributed by atoms with Crippen molar-refractivity contribution in [3.63, 3.8) is 0 Å². The monoisotopic (exact) mass is 221 g/mol. The number of hydrogen-bond acceptors (Lipinski definition) is 3. The van der Waals surface area contributed by atoms with Crippen molar-refractivity contribution in [3.8, 4) is 11.8 Å². The van der Waals surface area contributed by atoms with Gasteiger partial charge in [0.25, 0.3) is 0 Å². The number of nitrogens with two attached hydrogens (primary N) is 1. The van der Waals surface area contributed by atoms with Crippen molar-refractivity contribution in [2.45, 2.75) is 20.8 Å². The van der Waals surface area contributed by atoms with Gasteiger partial charge in [-0.1, -0.05) is 23.6 Å². The molecule has 0 saturated carbocycles. The third-order valence-electron chi connectivity index (χ3n) is 1.88. The van der Waals surface area contributed by atoms with Crippen LogP contribution >= 0.6 is 11.6 Å². The number of allylic oxidation sites excluding steroid dienone is 2. The Hall–Kier alpha value is -1.53. The molecular weight excluding hydrogens is 210 g/mol. The highest BCUT2D eigenvalue weighted by molar-refractivity contribution is 6.31. The van der Waals surface area contributed by atoms with E-state index in [0.29, 0.717) is 5.15 Å². The van der Waals surface area contributed by atoms with E-state index < -0.39 is 0 Å². The Morgan fingerprint density at radius 2 is 2.13 bits per heavy atom. The summed E-state index contributed by atoms with van der Waals surface area (Å²) in [6.07, 6.45) is 1.88. The average Bonchev–Trinajstić information content (AvgIpc) is 2.14. The number of nitrogens with zero attached hydrogens (tertiary/aromatic N) is 2. The highest BCUT2D eigenvalue weighted by atomic mass is 35.5. The van der Waals surface area contributed by atoms with Crippen molar-refractivity contribution in [2.75, 3.05) is 5.73 Å². The molecule has 0 fully saturated rings. The van der Waals surface area contributed by atoms with Crippen LogP contribution in [0.4, 0.5) is 5.95 Å². The molecule has 3 nitrogen and oxygen atoms in total. The minimum absolute atomic E-state index is 0.182. The standard InChI is InChI=1S/C11H12ClN3/c1-4-6-8(5-2)9-7(3)14-11(13)15-10(9)12/h5H,1-3H3,(H2,13,14,15)/b8-5-. The molecule has 0 aromatic carbocycles.